The molecular formula is C24H18N2O2S2. The van der Waals surface area contributed by atoms with Crippen LogP contribution in [0, 0.1) is 6.92 Å². The second kappa shape index (κ2) is 6.79. The van der Waals surface area contributed by atoms with E-state index in [0.29, 0.717) is 10.3 Å². The van der Waals surface area contributed by atoms with Gasteiger partial charge in [-0.15, -0.1) is 11.3 Å². The van der Waals surface area contributed by atoms with E-state index in [-0.39, 0.29) is 11.6 Å². The monoisotopic (exact) mass is 430 g/mol. The minimum Gasteiger partial charge on any atom is -0.462 e. The van der Waals surface area contributed by atoms with E-state index in [4.69, 9.17) is 9.41 Å². The van der Waals surface area contributed by atoms with Crippen LogP contribution in [0.3, 0.4) is 0 Å². The maximum absolute atomic E-state index is 13.5. The second-order valence-corrected chi connectivity index (χ2v) is 9.57. The third-order valence-electron chi connectivity index (χ3n) is 5.72. The summed E-state index contributed by atoms with van der Waals surface area (Å²) in [6, 6.07) is 16.4. The van der Waals surface area contributed by atoms with Gasteiger partial charge in [-0.3, -0.25) is 9.36 Å². The fraction of sp³-hybridized carbons (Fsp3) is 0.167. The predicted molar refractivity (Wildman–Crippen MR) is 121 cm³/mol. The molecule has 6 heteroatoms. The number of thiophene rings is 1. The molecule has 0 fully saturated rings. The summed E-state index contributed by atoms with van der Waals surface area (Å²) in [5, 5.41) is 2.08. The van der Waals surface area contributed by atoms with E-state index < -0.39 is 0 Å². The highest BCUT2D eigenvalue weighted by Gasteiger charge is 2.32. The van der Waals surface area contributed by atoms with Crippen molar-refractivity contribution >= 4 is 34.4 Å². The van der Waals surface area contributed by atoms with Gasteiger partial charge >= 0.3 is 0 Å². The zero-order chi connectivity index (χ0) is 20.2. The van der Waals surface area contributed by atoms with Crippen molar-refractivity contribution in [1.29, 1.82) is 0 Å². The molecule has 4 aromatic rings. The van der Waals surface area contributed by atoms with Crippen molar-refractivity contribution in [2.75, 3.05) is 0 Å². The van der Waals surface area contributed by atoms with Gasteiger partial charge in [-0.05, 0) is 54.5 Å². The molecule has 0 N–H and O–H groups in total. The largest absolute Gasteiger partial charge is 0.462 e. The van der Waals surface area contributed by atoms with Crippen LogP contribution < -0.4 is 14.9 Å². The molecule has 0 spiro atoms. The molecule has 148 valence electrons. The average Bonchev–Trinajstić information content (AvgIpc) is 3.49. The number of aromatic nitrogens is 1. The molecule has 6 rings (SSSR count). The summed E-state index contributed by atoms with van der Waals surface area (Å²) in [6.45, 7) is 1.90. The standard InChI is InChI=1S/C24H18N2O2S2/c1-14-8-10-16(28-14)13-20-23(27)26-22(19-7-4-12-29-19)18-11-9-15-5-2-3-6-17(15)21(18)25-24(26)30-20/h2-8,10,12-13,22H,9,11H2,1H3/b20-13+. The molecule has 30 heavy (non-hydrogen) atoms. The van der Waals surface area contributed by atoms with Crippen molar-refractivity contribution < 1.29 is 4.42 Å². The Kier molecular flexibility index (Phi) is 4.04. The number of hydrogen-bond donors (Lipinski definition) is 0. The Morgan fingerprint density at radius 3 is 2.83 bits per heavy atom. The first-order chi connectivity index (χ1) is 14.7. The van der Waals surface area contributed by atoms with Crippen LogP contribution in [0.1, 0.15) is 40.0 Å². The summed E-state index contributed by atoms with van der Waals surface area (Å²) in [6.07, 6.45) is 3.72. The first kappa shape index (κ1) is 17.9. The zero-order valence-corrected chi connectivity index (χ0v) is 17.9. The Labute approximate surface area is 180 Å². The molecule has 1 atom stereocenters. The van der Waals surface area contributed by atoms with Crippen molar-refractivity contribution in [3.05, 3.63) is 107 Å². The van der Waals surface area contributed by atoms with Crippen molar-refractivity contribution in [3.63, 3.8) is 0 Å². The quantitative estimate of drug-likeness (QED) is 0.477. The molecular weight excluding hydrogens is 412 g/mol. The highest BCUT2D eigenvalue weighted by molar-refractivity contribution is 7.10. The lowest BCUT2D eigenvalue weighted by molar-refractivity contribution is 0.524. The van der Waals surface area contributed by atoms with Gasteiger partial charge < -0.3 is 4.42 Å². The van der Waals surface area contributed by atoms with Gasteiger partial charge in [-0.1, -0.05) is 41.7 Å². The van der Waals surface area contributed by atoms with Crippen molar-refractivity contribution in [1.82, 2.24) is 4.57 Å². The summed E-state index contributed by atoms with van der Waals surface area (Å²) in [7, 11) is 0. The van der Waals surface area contributed by atoms with Crippen LogP contribution in [-0.4, -0.2) is 4.57 Å². The lowest BCUT2D eigenvalue weighted by Crippen LogP contribution is -2.38. The fourth-order valence-electron chi connectivity index (χ4n) is 4.38. The molecule has 0 saturated carbocycles. The van der Waals surface area contributed by atoms with Crippen LogP contribution in [0.15, 0.2) is 73.7 Å². The van der Waals surface area contributed by atoms with Crippen LogP contribution in [-0.2, 0) is 6.42 Å². The Morgan fingerprint density at radius 2 is 2.03 bits per heavy atom. The van der Waals surface area contributed by atoms with Crippen LogP contribution in [0.25, 0.3) is 11.8 Å². The molecule has 1 unspecified atom stereocenters. The summed E-state index contributed by atoms with van der Waals surface area (Å²) < 4.78 is 8.21. The number of aryl methyl sites for hydroxylation is 2. The summed E-state index contributed by atoms with van der Waals surface area (Å²) in [5.74, 6) is 1.53. The number of benzene rings is 1. The van der Waals surface area contributed by atoms with Gasteiger partial charge in [0.1, 0.15) is 11.5 Å². The van der Waals surface area contributed by atoms with Gasteiger partial charge in [0.15, 0.2) is 4.80 Å². The minimum atomic E-state index is -0.0925. The number of thiazole rings is 1. The predicted octanol–water partition coefficient (Wildman–Crippen LogP) is 4.28. The molecule has 0 bridgehead atoms. The van der Waals surface area contributed by atoms with Crippen LogP contribution in [0.2, 0.25) is 0 Å². The van der Waals surface area contributed by atoms with Crippen LogP contribution in [0.4, 0.5) is 0 Å². The number of furan rings is 1. The highest BCUT2D eigenvalue weighted by Crippen LogP contribution is 2.42. The molecule has 0 amide bonds. The maximum Gasteiger partial charge on any atom is 0.271 e. The molecule has 4 nitrogen and oxygen atoms in total. The van der Waals surface area contributed by atoms with E-state index in [1.165, 1.54) is 32.9 Å². The Morgan fingerprint density at radius 1 is 1.13 bits per heavy atom. The van der Waals surface area contributed by atoms with E-state index in [0.717, 1.165) is 29.1 Å². The Balaban J connectivity index is 1.64. The average molecular weight is 431 g/mol. The van der Waals surface area contributed by atoms with Crippen LogP contribution in [0.5, 0.6) is 0 Å². The van der Waals surface area contributed by atoms with Crippen molar-refractivity contribution in [2.24, 2.45) is 4.99 Å². The van der Waals surface area contributed by atoms with E-state index in [1.54, 1.807) is 11.3 Å². The first-order valence-electron chi connectivity index (χ1n) is 9.92. The molecule has 0 saturated heterocycles. The normalized spacial score (nSPS) is 18.0. The molecule has 0 radical (unpaired) electrons. The maximum atomic E-state index is 13.5. The number of nitrogens with zero attached hydrogens (tertiary/aromatic N) is 2. The molecule has 4 heterocycles. The minimum absolute atomic E-state index is 0.00314. The first-order valence-corrected chi connectivity index (χ1v) is 11.6. The number of hydrogen-bond acceptors (Lipinski definition) is 5. The number of allylic oxidation sites excluding steroid dienone is 1. The van der Waals surface area contributed by atoms with E-state index in [1.807, 2.05) is 29.7 Å². The van der Waals surface area contributed by atoms with E-state index in [2.05, 4.69) is 41.8 Å². The third kappa shape index (κ3) is 2.71. The molecule has 2 aliphatic rings. The van der Waals surface area contributed by atoms with E-state index >= 15 is 0 Å². The van der Waals surface area contributed by atoms with Gasteiger partial charge in [-0.2, -0.15) is 0 Å². The molecule has 3 aromatic heterocycles. The number of rotatable bonds is 2. The SMILES string of the molecule is Cc1ccc(/C=c2/sc3n(c2=O)C(c2cccs2)C2=C(N=3)c3ccccc3CC2)o1. The van der Waals surface area contributed by atoms with Gasteiger partial charge in [-0.25, -0.2) is 4.99 Å². The zero-order valence-electron chi connectivity index (χ0n) is 16.3. The van der Waals surface area contributed by atoms with Gasteiger partial charge in [0.05, 0.1) is 16.3 Å². The molecule has 1 aliphatic heterocycles. The smallest absolute Gasteiger partial charge is 0.271 e. The molecule has 1 aliphatic carbocycles. The van der Waals surface area contributed by atoms with Crippen molar-refractivity contribution in [3.8, 4) is 0 Å². The second-order valence-electron chi connectivity index (χ2n) is 7.58. The Hall–Kier alpha value is -2.96. The topological polar surface area (TPSA) is 47.5 Å². The lowest BCUT2D eigenvalue weighted by Gasteiger charge is -2.30. The van der Waals surface area contributed by atoms with Gasteiger partial charge in [0, 0.05) is 16.5 Å². The highest BCUT2D eigenvalue weighted by atomic mass is 32.1. The van der Waals surface area contributed by atoms with Crippen LogP contribution >= 0.6 is 22.7 Å². The third-order valence-corrected chi connectivity index (χ3v) is 7.63. The van der Waals surface area contributed by atoms with E-state index in [9.17, 15) is 4.79 Å². The summed E-state index contributed by atoms with van der Waals surface area (Å²) >= 11 is 3.13. The summed E-state index contributed by atoms with van der Waals surface area (Å²) in [5.41, 5.74) is 4.80. The summed E-state index contributed by atoms with van der Waals surface area (Å²) in [4.78, 5) is 20.4. The lowest BCUT2D eigenvalue weighted by atomic mass is 9.85. The van der Waals surface area contributed by atoms with Gasteiger partial charge in [0.2, 0.25) is 0 Å². The van der Waals surface area contributed by atoms with Crippen molar-refractivity contribution in [2.45, 2.75) is 25.8 Å². The Bertz CT molecular complexity index is 1480. The molecule has 1 aromatic carbocycles. The van der Waals surface area contributed by atoms with Gasteiger partial charge in [0.25, 0.3) is 5.56 Å². The number of fused-ring (bicyclic) bond motifs is 3. The fourth-order valence-corrected chi connectivity index (χ4v) is 6.21.